The van der Waals surface area contributed by atoms with Crippen LogP contribution in [0.5, 0.6) is 0 Å². The van der Waals surface area contributed by atoms with E-state index in [0.717, 1.165) is 11.1 Å². The first kappa shape index (κ1) is 30.6. The van der Waals surface area contributed by atoms with Gasteiger partial charge in [-0.05, 0) is 107 Å². The van der Waals surface area contributed by atoms with Crippen molar-refractivity contribution in [2.24, 2.45) is 0 Å². The molecule has 2 aromatic carbocycles. The number of sulfonamides is 1. The molecule has 1 aromatic heterocycles. The van der Waals surface area contributed by atoms with Crippen molar-refractivity contribution in [3.63, 3.8) is 0 Å². The van der Waals surface area contributed by atoms with Crippen molar-refractivity contribution in [2.45, 2.75) is 70.4 Å². The average Bonchev–Trinajstić information content (AvgIpc) is 2.77. The van der Waals surface area contributed by atoms with Crippen molar-refractivity contribution in [2.75, 3.05) is 10.2 Å². The third kappa shape index (κ3) is 8.53. The van der Waals surface area contributed by atoms with Gasteiger partial charge in [0, 0.05) is 22.5 Å². The molecule has 9 nitrogen and oxygen atoms in total. The molecule has 3 aromatic rings. The fourth-order valence-corrected chi connectivity index (χ4v) is 5.77. The van der Waals surface area contributed by atoms with E-state index in [1.54, 1.807) is 32.9 Å². The quantitative estimate of drug-likeness (QED) is 0.249. The zero-order chi connectivity index (χ0) is 29.2. The van der Waals surface area contributed by atoms with Crippen molar-refractivity contribution >= 4 is 56.5 Å². The zero-order valence-corrected chi connectivity index (χ0v) is 25.0. The first-order valence-electron chi connectivity index (χ1n) is 12.2. The predicted octanol–water partition coefficient (Wildman–Crippen LogP) is 6.67. The lowest BCUT2D eigenvalue weighted by Crippen LogP contribution is -2.45. The average molecular weight is 595 g/mol. The number of nitrogens with zero attached hydrogens (tertiary/aromatic N) is 3. The topological polar surface area (TPSA) is 125 Å². The molecule has 12 heteroatoms. The standard InChI is InChI=1S/C27H33Cl2N5O4S/c1-26(2,3)33-39(37,38)21-14-18(12-19(15-21)31-23-22(28)16-30-24(29)32-23)11-10-17-8-7-9-20(13-17)34(25(35)36)27(4,5)6/h7-9,12-16,33H,10-11H2,1-6H3,(H,35,36)(H,30,31,32). The maximum Gasteiger partial charge on any atom is 0.412 e. The lowest BCUT2D eigenvalue weighted by molar-refractivity contribution is 0.195. The highest BCUT2D eigenvalue weighted by Crippen LogP contribution is 2.29. The van der Waals surface area contributed by atoms with Gasteiger partial charge in [-0.25, -0.2) is 22.9 Å². The number of benzene rings is 2. The van der Waals surface area contributed by atoms with Crippen LogP contribution in [0.2, 0.25) is 10.3 Å². The summed E-state index contributed by atoms with van der Waals surface area (Å²) in [4.78, 5) is 21.3. The largest absolute Gasteiger partial charge is 0.465 e. The molecule has 0 unspecified atom stereocenters. The lowest BCUT2D eigenvalue weighted by atomic mass is 10.0. The SMILES string of the molecule is CC(C)(C)NS(=O)(=O)c1cc(CCc2cccc(N(C(=O)O)C(C)(C)C)c2)cc(Nc2nc(Cl)ncc2Cl)c1. The number of anilines is 3. The van der Waals surface area contributed by atoms with Gasteiger partial charge in [0.1, 0.15) is 5.02 Å². The molecule has 0 atom stereocenters. The molecule has 0 fully saturated rings. The molecule has 0 saturated heterocycles. The van der Waals surface area contributed by atoms with Crippen LogP contribution >= 0.6 is 23.2 Å². The minimum absolute atomic E-state index is 0.00848. The Labute approximate surface area is 239 Å². The molecule has 0 saturated carbocycles. The van der Waals surface area contributed by atoms with Crippen LogP contribution in [-0.4, -0.2) is 40.7 Å². The second-order valence-electron chi connectivity index (χ2n) is 11.1. The Morgan fingerprint density at radius 3 is 2.28 bits per heavy atom. The van der Waals surface area contributed by atoms with Gasteiger partial charge >= 0.3 is 6.09 Å². The number of hydrogen-bond acceptors (Lipinski definition) is 6. The Morgan fingerprint density at radius 2 is 1.67 bits per heavy atom. The first-order chi connectivity index (χ1) is 17.9. The van der Waals surface area contributed by atoms with Crippen LogP contribution in [0, 0.1) is 0 Å². The molecule has 0 radical (unpaired) electrons. The van der Waals surface area contributed by atoms with Gasteiger partial charge in [-0.2, -0.15) is 4.98 Å². The van der Waals surface area contributed by atoms with Crippen LogP contribution in [0.4, 0.5) is 22.0 Å². The van der Waals surface area contributed by atoms with Crippen molar-refractivity contribution in [1.82, 2.24) is 14.7 Å². The Morgan fingerprint density at radius 1 is 1.00 bits per heavy atom. The van der Waals surface area contributed by atoms with Gasteiger partial charge in [-0.3, -0.25) is 4.90 Å². The highest BCUT2D eigenvalue weighted by molar-refractivity contribution is 7.89. The fraction of sp³-hybridized carbons (Fsp3) is 0.370. The van der Waals surface area contributed by atoms with Crippen LogP contribution in [0.1, 0.15) is 52.7 Å². The minimum atomic E-state index is -3.85. The molecular formula is C27H33Cl2N5O4S. The number of halogens is 2. The molecule has 1 amide bonds. The summed E-state index contributed by atoms with van der Waals surface area (Å²) in [6.45, 7) is 10.8. The Balaban J connectivity index is 1.97. The number of aryl methyl sites for hydroxylation is 2. The summed E-state index contributed by atoms with van der Waals surface area (Å²) in [7, 11) is -3.85. The van der Waals surface area contributed by atoms with E-state index >= 15 is 0 Å². The third-order valence-corrected chi connectivity index (χ3v) is 7.62. The summed E-state index contributed by atoms with van der Waals surface area (Å²) >= 11 is 12.1. The summed E-state index contributed by atoms with van der Waals surface area (Å²) in [6, 6.07) is 12.2. The van der Waals surface area contributed by atoms with E-state index in [0.29, 0.717) is 24.2 Å². The summed E-state index contributed by atoms with van der Waals surface area (Å²) in [5.74, 6) is 0.240. The fourth-order valence-electron chi connectivity index (χ4n) is 3.99. The smallest absolute Gasteiger partial charge is 0.412 e. The van der Waals surface area contributed by atoms with E-state index in [1.807, 2.05) is 45.0 Å². The zero-order valence-electron chi connectivity index (χ0n) is 22.7. The maximum absolute atomic E-state index is 13.2. The number of carboxylic acid groups (broad SMARTS) is 1. The van der Waals surface area contributed by atoms with E-state index in [-0.39, 0.29) is 21.0 Å². The highest BCUT2D eigenvalue weighted by Gasteiger charge is 2.28. The van der Waals surface area contributed by atoms with Gasteiger partial charge < -0.3 is 10.4 Å². The molecule has 3 rings (SSSR count). The number of hydrogen-bond donors (Lipinski definition) is 3. The van der Waals surface area contributed by atoms with E-state index in [2.05, 4.69) is 20.0 Å². The molecule has 3 N–H and O–H groups in total. The summed E-state index contributed by atoms with van der Waals surface area (Å²) in [6.07, 6.45) is 1.34. The molecule has 0 aliphatic heterocycles. The lowest BCUT2D eigenvalue weighted by Gasteiger charge is -2.33. The van der Waals surface area contributed by atoms with Crippen LogP contribution in [0.25, 0.3) is 0 Å². The van der Waals surface area contributed by atoms with Crippen molar-refractivity contribution in [1.29, 1.82) is 0 Å². The van der Waals surface area contributed by atoms with Gasteiger partial charge in [-0.15, -0.1) is 0 Å². The monoisotopic (exact) mass is 593 g/mol. The molecule has 0 aliphatic rings. The maximum atomic E-state index is 13.2. The predicted molar refractivity (Wildman–Crippen MR) is 156 cm³/mol. The summed E-state index contributed by atoms with van der Waals surface area (Å²) in [5, 5.41) is 13.0. The Bertz CT molecular complexity index is 1470. The number of nitrogens with one attached hydrogen (secondary N) is 2. The summed E-state index contributed by atoms with van der Waals surface area (Å²) in [5.41, 5.74) is 1.35. The Kier molecular flexibility index (Phi) is 9.16. The van der Waals surface area contributed by atoms with Gasteiger partial charge in [0.2, 0.25) is 15.3 Å². The summed E-state index contributed by atoms with van der Waals surface area (Å²) < 4.78 is 29.1. The van der Waals surface area contributed by atoms with Gasteiger partial charge in [0.15, 0.2) is 5.82 Å². The van der Waals surface area contributed by atoms with Crippen LogP contribution < -0.4 is 14.9 Å². The molecule has 0 spiro atoms. The first-order valence-corrected chi connectivity index (χ1v) is 14.4. The second-order valence-corrected chi connectivity index (χ2v) is 13.6. The molecule has 0 aliphatic carbocycles. The van der Waals surface area contributed by atoms with E-state index in [9.17, 15) is 18.3 Å². The molecule has 1 heterocycles. The van der Waals surface area contributed by atoms with Gasteiger partial charge in [-0.1, -0.05) is 23.7 Å². The molecule has 210 valence electrons. The van der Waals surface area contributed by atoms with E-state index in [4.69, 9.17) is 23.2 Å². The second kappa shape index (κ2) is 11.7. The molecular weight excluding hydrogens is 561 g/mol. The van der Waals surface area contributed by atoms with Crippen LogP contribution in [0.15, 0.2) is 53.6 Å². The van der Waals surface area contributed by atoms with Crippen molar-refractivity contribution in [3.8, 4) is 0 Å². The number of rotatable bonds is 8. The highest BCUT2D eigenvalue weighted by atomic mass is 35.5. The van der Waals surface area contributed by atoms with Crippen LogP contribution in [0.3, 0.4) is 0 Å². The van der Waals surface area contributed by atoms with Gasteiger partial charge in [0.05, 0.1) is 11.1 Å². The molecule has 39 heavy (non-hydrogen) atoms. The van der Waals surface area contributed by atoms with Crippen molar-refractivity contribution in [3.05, 3.63) is 70.1 Å². The van der Waals surface area contributed by atoms with E-state index in [1.165, 1.54) is 17.2 Å². The third-order valence-electron chi connectivity index (χ3n) is 5.43. The normalized spacial score (nSPS) is 12.3. The minimum Gasteiger partial charge on any atom is -0.465 e. The van der Waals surface area contributed by atoms with Crippen molar-refractivity contribution < 1.29 is 18.3 Å². The molecule has 0 bridgehead atoms. The van der Waals surface area contributed by atoms with Gasteiger partial charge in [0.25, 0.3) is 0 Å². The van der Waals surface area contributed by atoms with E-state index < -0.39 is 27.2 Å². The number of amides is 1. The number of carbonyl (C=O) groups is 1. The van der Waals surface area contributed by atoms with Crippen LogP contribution in [-0.2, 0) is 22.9 Å². The number of aromatic nitrogens is 2. The Hall–Kier alpha value is -2.92.